The first-order valence-corrected chi connectivity index (χ1v) is 7.36. The van der Waals surface area contributed by atoms with Crippen molar-refractivity contribution in [2.24, 2.45) is 0 Å². The van der Waals surface area contributed by atoms with Gasteiger partial charge in [-0.1, -0.05) is 17.7 Å². The molecule has 0 unspecified atom stereocenters. The Labute approximate surface area is 133 Å². The van der Waals surface area contributed by atoms with Gasteiger partial charge in [0.05, 0.1) is 18.3 Å². The number of hydrogen-bond donors (Lipinski definition) is 1. The van der Waals surface area contributed by atoms with Crippen LogP contribution in [0, 0.1) is 0 Å². The molecule has 22 heavy (non-hydrogen) atoms. The van der Waals surface area contributed by atoms with E-state index in [-0.39, 0.29) is 23.3 Å². The lowest BCUT2D eigenvalue weighted by atomic mass is 10.2. The van der Waals surface area contributed by atoms with E-state index in [1.54, 1.807) is 17.0 Å². The van der Waals surface area contributed by atoms with Gasteiger partial charge in [-0.05, 0) is 24.3 Å². The van der Waals surface area contributed by atoms with Crippen molar-refractivity contribution in [1.29, 1.82) is 0 Å². The minimum absolute atomic E-state index is 0.0774. The molecule has 1 aromatic heterocycles. The first-order chi connectivity index (χ1) is 10.6. The van der Waals surface area contributed by atoms with Crippen molar-refractivity contribution in [3.8, 4) is 11.5 Å². The molecule has 1 fully saturated rings. The van der Waals surface area contributed by atoms with Crippen LogP contribution in [0.1, 0.15) is 16.8 Å². The van der Waals surface area contributed by atoms with Crippen LogP contribution in [0.3, 0.4) is 0 Å². The first-order valence-electron chi connectivity index (χ1n) is 6.98. The zero-order chi connectivity index (χ0) is 15.5. The van der Waals surface area contributed by atoms with Crippen LogP contribution in [0.15, 0.2) is 42.7 Å². The van der Waals surface area contributed by atoms with Gasteiger partial charge in [0.25, 0.3) is 5.91 Å². The summed E-state index contributed by atoms with van der Waals surface area (Å²) in [5.74, 6) is 0.377. The van der Waals surface area contributed by atoms with Crippen LogP contribution in [-0.2, 0) is 0 Å². The number of nitrogens with zero attached hydrogens (tertiary/aromatic N) is 2. The average molecular weight is 319 g/mol. The van der Waals surface area contributed by atoms with Gasteiger partial charge in [0.1, 0.15) is 17.6 Å². The summed E-state index contributed by atoms with van der Waals surface area (Å²) < 4.78 is 5.85. The Morgan fingerprint density at radius 1 is 1.41 bits per heavy atom. The quantitative estimate of drug-likeness (QED) is 0.945. The number of pyridine rings is 1. The first kappa shape index (κ1) is 14.7. The maximum atomic E-state index is 12.4. The number of carbonyl (C=O) groups is 1. The largest absolute Gasteiger partial charge is 0.505 e. The molecule has 2 heterocycles. The molecule has 2 aromatic rings. The second-order valence-corrected chi connectivity index (χ2v) is 5.57. The fraction of sp³-hybridized carbons (Fsp3) is 0.250. The van der Waals surface area contributed by atoms with E-state index in [2.05, 4.69) is 4.98 Å². The van der Waals surface area contributed by atoms with E-state index < -0.39 is 0 Å². The number of hydrogen-bond acceptors (Lipinski definition) is 4. The number of aromatic hydroxyl groups is 1. The number of carbonyl (C=O) groups excluding carboxylic acids is 1. The molecule has 6 heteroatoms. The van der Waals surface area contributed by atoms with Crippen LogP contribution in [0.25, 0.3) is 0 Å². The number of halogens is 1. The maximum absolute atomic E-state index is 12.4. The van der Waals surface area contributed by atoms with Crippen LogP contribution < -0.4 is 4.74 Å². The molecule has 3 rings (SSSR count). The molecule has 5 nitrogen and oxygen atoms in total. The van der Waals surface area contributed by atoms with Gasteiger partial charge in [0.15, 0.2) is 0 Å². The van der Waals surface area contributed by atoms with Crippen LogP contribution in [0.5, 0.6) is 11.5 Å². The predicted molar refractivity (Wildman–Crippen MR) is 82.3 cm³/mol. The zero-order valence-electron chi connectivity index (χ0n) is 11.8. The number of benzene rings is 1. The highest BCUT2D eigenvalue weighted by Crippen LogP contribution is 2.24. The molecule has 114 valence electrons. The Bertz CT molecular complexity index is 693. The molecule has 0 bridgehead atoms. The number of likely N-dealkylation sites (tertiary alicyclic amines) is 1. The van der Waals surface area contributed by atoms with E-state index in [1.165, 1.54) is 18.5 Å². The summed E-state index contributed by atoms with van der Waals surface area (Å²) >= 11 is 5.93. The fourth-order valence-corrected chi connectivity index (χ4v) is 2.66. The smallest absolute Gasteiger partial charge is 0.257 e. The van der Waals surface area contributed by atoms with Crippen LogP contribution >= 0.6 is 11.6 Å². The standard InChI is InChI=1S/C16H15ClN2O3/c17-11-2-1-3-12(8-11)22-13-5-7-19(10-13)16(21)14-4-6-18-9-15(14)20/h1-4,6,8-9,13,20H,5,7,10H2/t13-/m1/s1. The summed E-state index contributed by atoms with van der Waals surface area (Å²) in [7, 11) is 0. The number of ether oxygens (including phenoxy) is 1. The summed E-state index contributed by atoms with van der Waals surface area (Å²) in [6.45, 7) is 1.07. The summed E-state index contributed by atoms with van der Waals surface area (Å²) in [5.41, 5.74) is 0.262. The van der Waals surface area contributed by atoms with Gasteiger partial charge in [-0.15, -0.1) is 0 Å². The van der Waals surface area contributed by atoms with Crippen LogP contribution in [0.2, 0.25) is 5.02 Å². The van der Waals surface area contributed by atoms with E-state index in [9.17, 15) is 9.90 Å². The molecule has 1 aliphatic heterocycles. The number of amides is 1. The van der Waals surface area contributed by atoms with Crippen molar-refractivity contribution < 1.29 is 14.6 Å². The van der Waals surface area contributed by atoms with Crippen molar-refractivity contribution >= 4 is 17.5 Å². The zero-order valence-corrected chi connectivity index (χ0v) is 12.5. The Morgan fingerprint density at radius 3 is 3.05 bits per heavy atom. The Kier molecular flexibility index (Phi) is 4.15. The second-order valence-electron chi connectivity index (χ2n) is 5.13. The van der Waals surface area contributed by atoms with Gasteiger partial charge < -0.3 is 14.7 Å². The topological polar surface area (TPSA) is 62.7 Å². The van der Waals surface area contributed by atoms with Crippen molar-refractivity contribution in [2.75, 3.05) is 13.1 Å². The molecule has 1 amide bonds. The van der Waals surface area contributed by atoms with Crippen molar-refractivity contribution in [1.82, 2.24) is 9.88 Å². The highest BCUT2D eigenvalue weighted by molar-refractivity contribution is 6.30. The highest BCUT2D eigenvalue weighted by Gasteiger charge is 2.29. The third kappa shape index (κ3) is 3.14. The lowest BCUT2D eigenvalue weighted by Gasteiger charge is -2.17. The molecular weight excluding hydrogens is 304 g/mol. The predicted octanol–water partition coefficient (Wildman–Crippen LogP) is 2.73. The summed E-state index contributed by atoms with van der Waals surface area (Å²) in [4.78, 5) is 17.8. The number of rotatable bonds is 3. The lowest BCUT2D eigenvalue weighted by molar-refractivity contribution is 0.0769. The van der Waals surface area contributed by atoms with Crippen LogP contribution in [-0.4, -0.2) is 40.1 Å². The normalized spacial score (nSPS) is 17.5. The molecular formula is C16H15ClN2O3. The molecule has 1 atom stereocenters. The van der Waals surface area contributed by atoms with E-state index >= 15 is 0 Å². The monoisotopic (exact) mass is 318 g/mol. The molecule has 0 spiro atoms. The Morgan fingerprint density at radius 2 is 2.27 bits per heavy atom. The van der Waals surface area contributed by atoms with Gasteiger partial charge >= 0.3 is 0 Å². The molecule has 0 aliphatic carbocycles. The van der Waals surface area contributed by atoms with E-state index in [4.69, 9.17) is 16.3 Å². The molecule has 0 radical (unpaired) electrons. The third-order valence-corrected chi connectivity index (χ3v) is 3.80. The molecule has 1 aromatic carbocycles. The van der Waals surface area contributed by atoms with Gasteiger partial charge in [0, 0.05) is 24.2 Å². The van der Waals surface area contributed by atoms with Crippen molar-refractivity contribution in [3.63, 3.8) is 0 Å². The molecule has 1 saturated heterocycles. The van der Waals surface area contributed by atoms with E-state index in [0.29, 0.717) is 23.9 Å². The van der Waals surface area contributed by atoms with Crippen LogP contribution in [0.4, 0.5) is 0 Å². The number of aromatic nitrogens is 1. The fourth-order valence-electron chi connectivity index (χ4n) is 2.48. The van der Waals surface area contributed by atoms with Gasteiger partial charge in [0.2, 0.25) is 0 Å². The SMILES string of the molecule is O=C(c1ccncc1O)N1CC[C@@H](Oc2cccc(Cl)c2)C1. The summed E-state index contributed by atoms with van der Waals surface area (Å²) in [6.07, 6.45) is 3.42. The Hall–Kier alpha value is -2.27. The minimum atomic E-state index is -0.211. The molecule has 0 saturated carbocycles. The summed E-state index contributed by atoms with van der Waals surface area (Å²) in [5, 5.41) is 10.3. The minimum Gasteiger partial charge on any atom is -0.505 e. The second kappa shape index (κ2) is 6.23. The maximum Gasteiger partial charge on any atom is 0.257 e. The summed E-state index contributed by atoms with van der Waals surface area (Å²) in [6, 6.07) is 8.71. The lowest BCUT2D eigenvalue weighted by Crippen LogP contribution is -2.31. The van der Waals surface area contributed by atoms with E-state index in [0.717, 1.165) is 6.42 Å². The third-order valence-electron chi connectivity index (χ3n) is 3.56. The van der Waals surface area contributed by atoms with Gasteiger partial charge in [-0.2, -0.15) is 0 Å². The van der Waals surface area contributed by atoms with Crippen molar-refractivity contribution in [2.45, 2.75) is 12.5 Å². The van der Waals surface area contributed by atoms with E-state index in [1.807, 2.05) is 12.1 Å². The van der Waals surface area contributed by atoms with Gasteiger partial charge in [-0.25, -0.2) is 0 Å². The van der Waals surface area contributed by atoms with Crippen molar-refractivity contribution in [3.05, 3.63) is 53.3 Å². The molecule has 1 N–H and O–H groups in total. The average Bonchev–Trinajstić information content (AvgIpc) is 2.95. The van der Waals surface area contributed by atoms with Gasteiger partial charge in [-0.3, -0.25) is 9.78 Å². The molecule has 1 aliphatic rings. The highest BCUT2D eigenvalue weighted by atomic mass is 35.5. The Balaban J connectivity index is 1.65.